The van der Waals surface area contributed by atoms with Gasteiger partial charge in [-0.15, -0.1) is 0 Å². The molecule has 0 saturated heterocycles. The molecule has 1 aliphatic rings. The fourth-order valence-electron chi connectivity index (χ4n) is 3.68. The Labute approximate surface area is 180 Å². The second-order valence-corrected chi connectivity index (χ2v) is 8.18. The molecule has 144 valence electrons. The van der Waals surface area contributed by atoms with Gasteiger partial charge in [0, 0.05) is 17.2 Å². The third kappa shape index (κ3) is 3.46. The van der Waals surface area contributed by atoms with Gasteiger partial charge < -0.3 is 12.5 Å². The van der Waals surface area contributed by atoms with Gasteiger partial charge in [-0.05, 0) is 68.1 Å². The van der Waals surface area contributed by atoms with Crippen LogP contribution in [-0.4, -0.2) is 0 Å². The molecule has 1 heterocycles. The molecule has 0 bridgehead atoms. The lowest BCUT2D eigenvalue weighted by Crippen LogP contribution is -2.29. The van der Waals surface area contributed by atoms with Crippen LogP contribution in [-0.2, 0) is 12.2 Å². The van der Waals surface area contributed by atoms with E-state index in [9.17, 15) is 0 Å². The first-order valence-electron chi connectivity index (χ1n) is 9.33. The topological polar surface area (TPSA) is 27.7 Å². The number of halogens is 1. The molecular formula is C24H23IO3. The van der Waals surface area contributed by atoms with Crippen molar-refractivity contribution in [1.82, 2.24) is 0 Å². The van der Waals surface area contributed by atoms with Crippen LogP contribution >= 0.6 is 23.0 Å². The molecule has 0 radical (unpaired) electrons. The highest BCUT2D eigenvalue weighted by atomic mass is 127. The van der Waals surface area contributed by atoms with E-state index in [0.29, 0.717) is 6.61 Å². The molecule has 0 fully saturated rings. The second kappa shape index (κ2) is 7.32. The molecule has 0 amide bonds. The summed E-state index contributed by atoms with van der Waals surface area (Å²) in [5.74, 6) is 2.58. The first kappa shape index (κ1) is 19.1. The Kier molecular flexibility index (Phi) is 5.00. The maximum Gasteiger partial charge on any atom is 0.192 e. The molecule has 4 rings (SSSR count). The lowest BCUT2D eigenvalue weighted by atomic mass is 9.84. The molecule has 4 heteroatoms. The molecule has 0 aromatic heterocycles. The first-order valence-corrected chi connectivity index (χ1v) is 10.2. The maximum atomic E-state index is 6.36. The number of hydrogen-bond donors (Lipinski definition) is 0. The van der Waals surface area contributed by atoms with Gasteiger partial charge in [0.1, 0.15) is 29.5 Å². The molecule has 3 aromatic carbocycles. The summed E-state index contributed by atoms with van der Waals surface area (Å²) in [5, 5.41) is 0. The highest BCUT2D eigenvalue weighted by Gasteiger charge is 2.34. The van der Waals surface area contributed by atoms with E-state index in [1.165, 1.54) is 5.56 Å². The van der Waals surface area contributed by atoms with E-state index in [2.05, 4.69) is 58.0 Å². The molecular weight excluding hydrogens is 463 g/mol. The molecule has 1 aliphatic heterocycles. The molecule has 0 unspecified atom stereocenters. The minimum absolute atomic E-state index is 0.460. The quantitative estimate of drug-likeness (QED) is 0.376. The fourth-order valence-corrected chi connectivity index (χ4v) is 4.15. The average Bonchev–Trinajstić information content (AvgIpc) is 2.67. The minimum Gasteiger partial charge on any atom is -0.489 e. The van der Waals surface area contributed by atoms with Gasteiger partial charge in [0.2, 0.25) is 0 Å². The third-order valence-electron chi connectivity index (χ3n) is 5.22. The van der Waals surface area contributed by atoms with E-state index in [-0.39, 0.29) is 0 Å². The molecule has 0 spiro atoms. The number of ether oxygens (including phenoxy) is 2. The van der Waals surface area contributed by atoms with Crippen molar-refractivity contribution in [3.05, 3.63) is 76.9 Å². The summed E-state index contributed by atoms with van der Waals surface area (Å²) < 4.78 is 18.0. The van der Waals surface area contributed by atoms with Crippen LogP contribution in [0.1, 0.15) is 36.1 Å². The zero-order valence-corrected chi connectivity index (χ0v) is 18.7. The van der Waals surface area contributed by atoms with Crippen LogP contribution in [0.3, 0.4) is 0 Å². The number of hydrogen-bond acceptors (Lipinski definition) is 3. The van der Waals surface area contributed by atoms with Gasteiger partial charge in [-0.1, -0.05) is 30.3 Å². The van der Waals surface area contributed by atoms with E-state index in [4.69, 9.17) is 12.5 Å². The van der Waals surface area contributed by atoms with Crippen LogP contribution in [0.5, 0.6) is 17.2 Å². The van der Waals surface area contributed by atoms with E-state index >= 15 is 0 Å². The average molecular weight is 486 g/mol. The summed E-state index contributed by atoms with van der Waals surface area (Å²) in [6.45, 7) is 8.88. The number of rotatable bonds is 4. The maximum absolute atomic E-state index is 6.36. The molecule has 28 heavy (non-hydrogen) atoms. The Morgan fingerprint density at radius 3 is 2.29 bits per heavy atom. The smallest absolute Gasteiger partial charge is 0.192 e. The molecule has 3 aromatic rings. The summed E-state index contributed by atoms with van der Waals surface area (Å²) in [5.41, 5.74) is 6.33. The van der Waals surface area contributed by atoms with Crippen LogP contribution in [0.4, 0.5) is 0 Å². The monoisotopic (exact) mass is 486 g/mol. The van der Waals surface area contributed by atoms with Crippen molar-refractivity contribution in [2.75, 3.05) is 0 Å². The van der Waals surface area contributed by atoms with Crippen molar-refractivity contribution >= 4 is 23.0 Å². The summed E-state index contributed by atoms with van der Waals surface area (Å²) in [6.07, 6.45) is 0. The van der Waals surface area contributed by atoms with Crippen LogP contribution in [0.2, 0.25) is 0 Å². The predicted molar refractivity (Wildman–Crippen MR) is 120 cm³/mol. The van der Waals surface area contributed by atoms with E-state index < -0.39 is 5.60 Å². The van der Waals surface area contributed by atoms with Crippen molar-refractivity contribution < 1.29 is 12.5 Å². The summed E-state index contributed by atoms with van der Waals surface area (Å²) in [7, 11) is 0. The van der Waals surface area contributed by atoms with Crippen molar-refractivity contribution in [3.63, 3.8) is 0 Å². The molecule has 0 saturated carbocycles. The van der Waals surface area contributed by atoms with Gasteiger partial charge in [0.05, 0.1) is 0 Å². The standard InChI is InChI=1S/C24H23IO3/c1-15-10-18-19-11-16(2)22(28-25)13-23(19)27-24(3,4)20(18)12-21(15)26-14-17-8-6-5-7-9-17/h5-13H,14H2,1-4H3. The fraction of sp³-hybridized carbons (Fsp3) is 0.250. The lowest BCUT2D eigenvalue weighted by Gasteiger charge is -2.36. The SMILES string of the molecule is Cc1cc2c(cc1OI)OC(C)(C)c1cc(OCc3ccccc3)c(C)cc1-2. The predicted octanol–water partition coefficient (Wildman–Crippen LogP) is 6.91. The Hall–Kier alpha value is -2.21. The van der Waals surface area contributed by atoms with E-state index in [1.807, 2.05) is 47.3 Å². The highest BCUT2D eigenvalue weighted by molar-refractivity contribution is 14.1. The Morgan fingerprint density at radius 1 is 0.893 bits per heavy atom. The minimum atomic E-state index is -0.460. The van der Waals surface area contributed by atoms with Crippen LogP contribution in [0.15, 0.2) is 54.6 Å². The van der Waals surface area contributed by atoms with Gasteiger partial charge >= 0.3 is 0 Å². The largest absolute Gasteiger partial charge is 0.489 e. The number of aryl methyl sites for hydroxylation is 2. The zero-order chi connectivity index (χ0) is 19.9. The van der Waals surface area contributed by atoms with Crippen molar-refractivity contribution in [2.45, 2.75) is 39.9 Å². The van der Waals surface area contributed by atoms with E-state index in [0.717, 1.165) is 45.1 Å². The van der Waals surface area contributed by atoms with Crippen molar-refractivity contribution in [3.8, 4) is 28.4 Å². The molecule has 3 nitrogen and oxygen atoms in total. The van der Waals surface area contributed by atoms with Crippen LogP contribution in [0.25, 0.3) is 11.1 Å². The van der Waals surface area contributed by atoms with Crippen molar-refractivity contribution in [1.29, 1.82) is 0 Å². The lowest BCUT2D eigenvalue weighted by molar-refractivity contribution is 0.105. The summed E-state index contributed by atoms with van der Waals surface area (Å²) in [6, 6.07) is 18.7. The van der Waals surface area contributed by atoms with Crippen LogP contribution < -0.4 is 12.5 Å². The first-order chi connectivity index (χ1) is 13.4. The Balaban J connectivity index is 1.76. The van der Waals surface area contributed by atoms with Gasteiger partial charge in [-0.25, -0.2) is 0 Å². The number of fused-ring (bicyclic) bond motifs is 3. The second-order valence-electron chi connectivity index (χ2n) is 7.74. The van der Waals surface area contributed by atoms with Crippen molar-refractivity contribution in [2.24, 2.45) is 0 Å². The summed E-state index contributed by atoms with van der Waals surface area (Å²) >= 11 is 1.91. The molecule has 0 atom stereocenters. The zero-order valence-electron chi connectivity index (χ0n) is 16.5. The van der Waals surface area contributed by atoms with Gasteiger partial charge in [-0.3, -0.25) is 0 Å². The van der Waals surface area contributed by atoms with Gasteiger partial charge in [0.15, 0.2) is 23.0 Å². The summed E-state index contributed by atoms with van der Waals surface area (Å²) in [4.78, 5) is 0. The Morgan fingerprint density at radius 2 is 1.57 bits per heavy atom. The molecule has 0 aliphatic carbocycles. The normalized spacial score (nSPS) is 13.9. The highest BCUT2D eigenvalue weighted by Crippen LogP contribution is 2.49. The molecule has 0 N–H and O–H groups in total. The van der Waals surface area contributed by atoms with Crippen LogP contribution in [0, 0.1) is 13.8 Å². The van der Waals surface area contributed by atoms with Gasteiger partial charge in [-0.2, -0.15) is 0 Å². The number of benzene rings is 3. The van der Waals surface area contributed by atoms with Gasteiger partial charge in [0.25, 0.3) is 0 Å². The third-order valence-corrected chi connectivity index (χ3v) is 5.69. The Bertz CT molecular complexity index is 1030. The van der Waals surface area contributed by atoms with E-state index in [1.54, 1.807) is 0 Å².